The molecule has 2 aliphatic rings. The lowest BCUT2D eigenvalue weighted by atomic mass is 10.1. The van der Waals surface area contributed by atoms with E-state index in [0.29, 0.717) is 43.3 Å². The van der Waals surface area contributed by atoms with Crippen molar-refractivity contribution in [1.82, 2.24) is 14.7 Å². The van der Waals surface area contributed by atoms with Gasteiger partial charge in [-0.3, -0.25) is 4.79 Å². The Morgan fingerprint density at radius 3 is 2.46 bits per heavy atom. The number of benzene rings is 1. The van der Waals surface area contributed by atoms with Crippen LogP contribution in [0.3, 0.4) is 0 Å². The minimum Gasteiger partial charge on any atom is -0.365 e. The van der Waals surface area contributed by atoms with Crippen molar-refractivity contribution in [3.05, 3.63) is 51.4 Å². The summed E-state index contributed by atoms with van der Waals surface area (Å²) >= 11 is 6.17. The minimum absolute atomic E-state index is 0.141. The second kappa shape index (κ2) is 6.10. The largest absolute Gasteiger partial charge is 0.365 e. The summed E-state index contributed by atoms with van der Waals surface area (Å²) in [5.74, 6) is 0.480. The zero-order chi connectivity index (χ0) is 18.5. The van der Waals surface area contributed by atoms with Crippen LogP contribution in [0.1, 0.15) is 5.56 Å². The van der Waals surface area contributed by atoms with Gasteiger partial charge in [-0.05, 0) is 12.1 Å². The highest BCUT2D eigenvalue weighted by Crippen LogP contribution is 2.29. The average molecular weight is 394 g/mol. The van der Waals surface area contributed by atoms with Crippen LogP contribution < -0.4 is 10.5 Å². The van der Waals surface area contributed by atoms with Gasteiger partial charge in [0, 0.05) is 38.8 Å². The van der Waals surface area contributed by atoms with Gasteiger partial charge >= 0.3 is 0 Å². The molecule has 0 atom stereocenters. The number of fused-ring (bicyclic) bond motifs is 1. The highest BCUT2D eigenvalue weighted by atomic mass is 35.5. The van der Waals surface area contributed by atoms with E-state index in [1.807, 2.05) is 9.80 Å². The normalized spacial score (nSPS) is 18.6. The molecular weight excluding hydrogens is 378 g/mol. The summed E-state index contributed by atoms with van der Waals surface area (Å²) in [6, 6.07) is 6.84. The maximum Gasteiger partial charge on any atom is 0.287 e. The number of hydrogen-bond acceptors (Lipinski definition) is 6. The second-order valence-electron chi connectivity index (χ2n) is 6.13. The topological polar surface area (TPSA) is 87.9 Å². The van der Waals surface area contributed by atoms with Crippen molar-refractivity contribution in [3.8, 4) is 0 Å². The maximum absolute atomic E-state index is 12.2. The second-order valence-corrected chi connectivity index (χ2v) is 8.08. The molecule has 0 N–H and O–H groups in total. The highest BCUT2D eigenvalue weighted by molar-refractivity contribution is 7.90. The van der Waals surface area contributed by atoms with Gasteiger partial charge in [0.05, 0.1) is 11.9 Å². The number of hydrogen-bond donors (Lipinski definition) is 0. The molecule has 1 fully saturated rings. The van der Waals surface area contributed by atoms with Gasteiger partial charge < -0.3 is 9.80 Å². The SMILES string of the molecule is Cn1ncc(N2CCN(C3=NS(=O)(=O)c4ccccc43)CC2)c(Cl)c1=O. The Morgan fingerprint density at radius 1 is 1.08 bits per heavy atom. The van der Waals surface area contributed by atoms with E-state index in [1.165, 1.54) is 4.68 Å². The van der Waals surface area contributed by atoms with Gasteiger partial charge in [-0.25, -0.2) is 4.68 Å². The van der Waals surface area contributed by atoms with Crippen molar-refractivity contribution in [2.75, 3.05) is 31.1 Å². The van der Waals surface area contributed by atoms with Crippen LogP contribution in [-0.2, 0) is 17.1 Å². The number of halogens is 1. The zero-order valence-corrected chi connectivity index (χ0v) is 15.5. The third-order valence-corrected chi connectivity index (χ3v) is 6.27. The molecule has 0 saturated carbocycles. The van der Waals surface area contributed by atoms with Gasteiger partial charge in [-0.15, -0.1) is 4.40 Å². The van der Waals surface area contributed by atoms with E-state index in [1.54, 1.807) is 37.5 Å². The summed E-state index contributed by atoms with van der Waals surface area (Å²) in [5, 5.41) is 4.16. The Kier molecular flexibility index (Phi) is 4.00. The number of amidine groups is 1. The van der Waals surface area contributed by atoms with Crippen LogP contribution in [0, 0.1) is 0 Å². The summed E-state index contributed by atoms with van der Waals surface area (Å²) in [5.41, 5.74) is 0.886. The summed E-state index contributed by atoms with van der Waals surface area (Å²) < 4.78 is 29.6. The van der Waals surface area contributed by atoms with E-state index in [2.05, 4.69) is 9.50 Å². The molecule has 0 amide bonds. The molecule has 2 aromatic rings. The van der Waals surface area contributed by atoms with Gasteiger partial charge in [-0.1, -0.05) is 23.7 Å². The Morgan fingerprint density at radius 2 is 1.73 bits per heavy atom. The number of rotatable bonds is 1. The molecule has 3 heterocycles. The highest BCUT2D eigenvalue weighted by Gasteiger charge is 2.33. The van der Waals surface area contributed by atoms with Gasteiger partial charge in [0.25, 0.3) is 15.6 Å². The number of aromatic nitrogens is 2. The van der Waals surface area contributed by atoms with Gasteiger partial charge in [-0.2, -0.15) is 13.5 Å². The zero-order valence-electron chi connectivity index (χ0n) is 14.0. The third kappa shape index (κ3) is 2.67. The molecule has 26 heavy (non-hydrogen) atoms. The van der Waals surface area contributed by atoms with Crippen LogP contribution in [0.25, 0.3) is 0 Å². The summed E-state index contributed by atoms with van der Waals surface area (Å²) in [7, 11) is -2.08. The molecule has 8 nitrogen and oxygen atoms in total. The predicted octanol–water partition coefficient (Wildman–Crippen LogP) is 0.705. The molecular formula is C16H16ClN5O3S. The lowest BCUT2D eigenvalue weighted by molar-refractivity contribution is 0.386. The lowest BCUT2D eigenvalue weighted by Crippen LogP contribution is -2.49. The van der Waals surface area contributed by atoms with Crippen molar-refractivity contribution < 1.29 is 8.42 Å². The van der Waals surface area contributed by atoms with E-state index < -0.39 is 10.0 Å². The van der Waals surface area contributed by atoms with Crippen molar-refractivity contribution in [2.24, 2.45) is 11.4 Å². The van der Waals surface area contributed by atoms with E-state index in [4.69, 9.17) is 11.6 Å². The molecule has 4 rings (SSSR count). The van der Waals surface area contributed by atoms with Crippen LogP contribution in [0.5, 0.6) is 0 Å². The summed E-state index contributed by atoms with van der Waals surface area (Å²) in [6.07, 6.45) is 1.58. The molecule has 1 saturated heterocycles. The number of sulfonamides is 1. The first-order valence-electron chi connectivity index (χ1n) is 8.04. The fraction of sp³-hybridized carbons (Fsp3) is 0.312. The van der Waals surface area contributed by atoms with E-state index in [0.717, 1.165) is 0 Å². The Hall–Kier alpha value is -2.39. The summed E-state index contributed by atoms with van der Waals surface area (Å²) in [6.45, 7) is 2.29. The minimum atomic E-state index is -3.63. The molecule has 10 heteroatoms. The smallest absolute Gasteiger partial charge is 0.287 e. The molecule has 1 aromatic heterocycles. The molecule has 0 unspecified atom stereocenters. The standard InChI is InChI=1S/C16H16ClN5O3S/c1-20-16(23)14(17)12(10-18-20)21-6-8-22(9-7-21)15-11-4-2-3-5-13(11)26(24,25)19-15/h2-5,10H,6-9H2,1H3. The first-order valence-corrected chi connectivity index (χ1v) is 9.86. The van der Waals surface area contributed by atoms with Crippen molar-refractivity contribution in [1.29, 1.82) is 0 Å². The quantitative estimate of drug-likeness (QED) is 0.709. The van der Waals surface area contributed by atoms with Crippen LogP contribution in [0.2, 0.25) is 5.02 Å². The summed E-state index contributed by atoms with van der Waals surface area (Å²) in [4.78, 5) is 16.1. The van der Waals surface area contributed by atoms with E-state index >= 15 is 0 Å². The molecule has 136 valence electrons. The van der Waals surface area contributed by atoms with Crippen LogP contribution in [0.15, 0.2) is 44.6 Å². The van der Waals surface area contributed by atoms with Gasteiger partial charge in [0.2, 0.25) is 0 Å². The lowest BCUT2D eigenvalue weighted by Gasteiger charge is -2.37. The first-order chi connectivity index (χ1) is 12.4. The van der Waals surface area contributed by atoms with Crippen LogP contribution in [-0.4, -0.2) is 55.1 Å². The Balaban J connectivity index is 1.57. The fourth-order valence-corrected chi connectivity index (χ4v) is 4.72. The van der Waals surface area contributed by atoms with Gasteiger partial charge in [0.15, 0.2) is 5.84 Å². The molecule has 1 aromatic carbocycles. The Bertz CT molecular complexity index is 1070. The number of anilines is 1. The molecule has 0 aliphatic carbocycles. The Labute approximate surface area is 155 Å². The number of aryl methyl sites for hydroxylation is 1. The predicted molar refractivity (Wildman–Crippen MR) is 98.4 cm³/mol. The monoisotopic (exact) mass is 393 g/mol. The first kappa shape index (κ1) is 17.0. The third-order valence-electron chi connectivity index (χ3n) is 4.59. The fourth-order valence-electron chi connectivity index (χ4n) is 3.20. The van der Waals surface area contributed by atoms with Crippen molar-refractivity contribution in [3.63, 3.8) is 0 Å². The molecule has 0 bridgehead atoms. The molecule has 2 aliphatic heterocycles. The van der Waals surface area contributed by atoms with Crippen LogP contribution in [0.4, 0.5) is 5.69 Å². The molecule has 0 spiro atoms. The van der Waals surface area contributed by atoms with Gasteiger partial charge in [0.1, 0.15) is 9.92 Å². The van der Waals surface area contributed by atoms with Crippen molar-refractivity contribution >= 4 is 33.1 Å². The number of piperazine rings is 1. The van der Waals surface area contributed by atoms with E-state index in [9.17, 15) is 13.2 Å². The van der Waals surface area contributed by atoms with Crippen LogP contribution >= 0.6 is 11.6 Å². The van der Waals surface area contributed by atoms with Crippen molar-refractivity contribution in [2.45, 2.75) is 4.90 Å². The maximum atomic E-state index is 12.2. The number of nitrogens with zero attached hydrogens (tertiary/aromatic N) is 5. The average Bonchev–Trinajstić information content (AvgIpc) is 2.92. The molecule has 0 radical (unpaired) electrons. The van der Waals surface area contributed by atoms with E-state index in [-0.39, 0.29) is 15.5 Å².